The summed E-state index contributed by atoms with van der Waals surface area (Å²) in [5.41, 5.74) is 4.54. The number of rotatable bonds is 3. The number of Topliss-reactive ketones (excluding diaryl/α,β-unsaturated/α-hetero) is 1. The van der Waals surface area contributed by atoms with Crippen molar-refractivity contribution in [2.45, 2.75) is 32.1 Å². The van der Waals surface area contributed by atoms with Crippen molar-refractivity contribution < 1.29 is 4.79 Å². The van der Waals surface area contributed by atoms with Crippen LogP contribution >= 0.6 is 0 Å². The Bertz CT molecular complexity index is 591. The summed E-state index contributed by atoms with van der Waals surface area (Å²) in [6, 6.07) is 16.7. The van der Waals surface area contributed by atoms with Gasteiger partial charge in [-0.1, -0.05) is 48.9 Å². The Balaban J connectivity index is 1.89. The lowest BCUT2D eigenvalue weighted by Crippen LogP contribution is -2.08. The Morgan fingerprint density at radius 2 is 1.74 bits per heavy atom. The van der Waals surface area contributed by atoms with E-state index in [1.807, 2.05) is 18.2 Å². The van der Waals surface area contributed by atoms with Gasteiger partial charge in [0.15, 0.2) is 5.78 Å². The maximum absolute atomic E-state index is 11.4. The van der Waals surface area contributed by atoms with Crippen LogP contribution in [0.3, 0.4) is 0 Å². The van der Waals surface area contributed by atoms with Crippen molar-refractivity contribution in [2.24, 2.45) is 0 Å². The van der Waals surface area contributed by atoms with Gasteiger partial charge in [0.05, 0.1) is 0 Å². The molecule has 1 aliphatic carbocycles. The summed E-state index contributed by atoms with van der Waals surface area (Å²) in [4.78, 5) is 11.4. The lowest BCUT2D eigenvalue weighted by Gasteiger charge is -2.25. The van der Waals surface area contributed by atoms with E-state index in [1.54, 1.807) is 6.92 Å². The molecule has 96 valence electrons. The van der Waals surface area contributed by atoms with E-state index in [0.717, 1.165) is 17.0 Å². The first-order valence-corrected chi connectivity index (χ1v) is 6.95. The highest BCUT2D eigenvalue weighted by atomic mass is 16.1. The van der Waals surface area contributed by atoms with Gasteiger partial charge in [0.25, 0.3) is 0 Å². The molecule has 19 heavy (non-hydrogen) atoms. The van der Waals surface area contributed by atoms with E-state index in [9.17, 15) is 4.79 Å². The Morgan fingerprint density at radius 3 is 2.32 bits per heavy atom. The second-order valence-corrected chi connectivity index (χ2v) is 5.39. The summed E-state index contributed by atoms with van der Waals surface area (Å²) >= 11 is 0. The molecule has 0 radical (unpaired) electrons. The molecule has 0 unspecified atom stereocenters. The van der Waals surface area contributed by atoms with Gasteiger partial charge in [0.2, 0.25) is 0 Å². The molecule has 1 aliphatic rings. The van der Waals surface area contributed by atoms with Crippen LogP contribution in [-0.2, 0) is 0 Å². The number of hydrogen-bond acceptors (Lipinski definition) is 1. The average Bonchev–Trinajstić information content (AvgIpc) is 2.38. The number of benzene rings is 2. The van der Waals surface area contributed by atoms with Crippen LogP contribution in [0.4, 0.5) is 0 Å². The zero-order chi connectivity index (χ0) is 13.2. The van der Waals surface area contributed by atoms with Crippen LogP contribution in [0.2, 0.25) is 0 Å². The highest BCUT2D eigenvalue weighted by Crippen LogP contribution is 2.36. The molecule has 0 N–H and O–H groups in total. The van der Waals surface area contributed by atoms with E-state index in [2.05, 4.69) is 30.3 Å². The minimum atomic E-state index is 0.118. The summed E-state index contributed by atoms with van der Waals surface area (Å²) < 4.78 is 0. The minimum Gasteiger partial charge on any atom is -0.295 e. The molecule has 0 amide bonds. The van der Waals surface area contributed by atoms with E-state index in [4.69, 9.17) is 0 Å². The summed E-state index contributed by atoms with van der Waals surface area (Å²) in [6.45, 7) is 1.61. The molecule has 0 aromatic heterocycles. The van der Waals surface area contributed by atoms with Crippen molar-refractivity contribution in [3.05, 3.63) is 59.7 Å². The fourth-order valence-corrected chi connectivity index (χ4v) is 2.61. The zero-order valence-electron chi connectivity index (χ0n) is 11.2. The van der Waals surface area contributed by atoms with Gasteiger partial charge < -0.3 is 0 Å². The van der Waals surface area contributed by atoms with E-state index < -0.39 is 0 Å². The fourth-order valence-electron chi connectivity index (χ4n) is 2.61. The van der Waals surface area contributed by atoms with Crippen molar-refractivity contribution in [3.8, 4) is 11.1 Å². The van der Waals surface area contributed by atoms with Gasteiger partial charge in [0.1, 0.15) is 0 Å². The third-order valence-electron chi connectivity index (χ3n) is 4.09. The normalized spacial score (nSPS) is 15.0. The molecule has 0 heterocycles. The van der Waals surface area contributed by atoms with E-state index in [1.165, 1.54) is 30.4 Å². The third kappa shape index (κ3) is 2.46. The van der Waals surface area contributed by atoms with Crippen molar-refractivity contribution >= 4 is 5.78 Å². The molecule has 2 aromatic carbocycles. The first kappa shape index (κ1) is 12.2. The van der Waals surface area contributed by atoms with Crippen LogP contribution in [0.1, 0.15) is 48.0 Å². The predicted octanol–water partition coefficient (Wildman–Crippen LogP) is 4.82. The fraction of sp³-hybridized carbons (Fsp3) is 0.278. The summed E-state index contributed by atoms with van der Waals surface area (Å²) in [6.07, 6.45) is 4.03. The third-order valence-corrected chi connectivity index (χ3v) is 4.09. The van der Waals surface area contributed by atoms with Crippen LogP contribution in [0.15, 0.2) is 48.5 Å². The Morgan fingerprint density at radius 1 is 1.00 bits per heavy atom. The Hall–Kier alpha value is -1.89. The molecular formula is C18H18O. The van der Waals surface area contributed by atoms with E-state index in [-0.39, 0.29) is 5.78 Å². The first-order valence-electron chi connectivity index (χ1n) is 6.95. The molecule has 1 fully saturated rings. The molecule has 0 atom stereocenters. The summed E-state index contributed by atoms with van der Waals surface area (Å²) in [5.74, 6) is 0.894. The quantitative estimate of drug-likeness (QED) is 0.713. The van der Waals surface area contributed by atoms with Gasteiger partial charge in [-0.15, -0.1) is 0 Å². The monoisotopic (exact) mass is 250 g/mol. The molecule has 0 saturated heterocycles. The lowest BCUT2D eigenvalue weighted by atomic mass is 9.80. The van der Waals surface area contributed by atoms with Gasteiger partial charge in [-0.05, 0) is 48.4 Å². The van der Waals surface area contributed by atoms with Crippen molar-refractivity contribution in [3.63, 3.8) is 0 Å². The SMILES string of the molecule is CC(=O)c1cccc(-c2ccc(C3CCC3)cc2)c1. The van der Waals surface area contributed by atoms with E-state index >= 15 is 0 Å². The molecule has 0 spiro atoms. The largest absolute Gasteiger partial charge is 0.295 e. The molecule has 0 bridgehead atoms. The Labute approximate surface area is 114 Å². The van der Waals surface area contributed by atoms with Crippen LogP contribution in [-0.4, -0.2) is 5.78 Å². The lowest BCUT2D eigenvalue weighted by molar-refractivity contribution is 0.101. The van der Waals surface area contributed by atoms with Crippen molar-refractivity contribution in [1.82, 2.24) is 0 Å². The highest BCUT2D eigenvalue weighted by molar-refractivity contribution is 5.95. The highest BCUT2D eigenvalue weighted by Gasteiger charge is 2.18. The summed E-state index contributed by atoms with van der Waals surface area (Å²) in [5, 5.41) is 0. The van der Waals surface area contributed by atoms with Gasteiger partial charge in [0, 0.05) is 5.56 Å². The molecular weight excluding hydrogens is 232 g/mol. The average molecular weight is 250 g/mol. The maximum Gasteiger partial charge on any atom is 0.159 e. The Kier molecular flexibility index (Phi) is 3.20. The van der Waals surface area contributed by atoms with E-state index in [0.29, 0.717) is 0 Å². The van der Waals surface area contributed by atoms with Crippen LogP contribution in [0, 0.1) is 0 Å². The van der Waals surface area contributed by atoms with Crippen molar-refractivity contribution in [1.29, 1.82) is 0 Å². The second kappa shape index (κ2) is 5.00. The first-order chi connectivity index (χ1) is 9.24. The van der Waals surface area contributed by atoms with Gasteiger partial charge in [-0.3, -0.25) is 4.79 Å². The predicted molar refractivity (Wildman–Crippen MR) is 78.5 cm³/mol. The number of carbonyl (C=O) groups is 1. The van der Waals surface area contributed by atoms with Gasteiger partial charge in [-0.2, -0.15) is 0 Å². The van der Waals surface area contributed by atoms with Crippen molar-refractivity contribution in [2.75, 3.05) is 0 Å². The van der Waals surface area contributed by atoms with Crippen LogP contribution in [0.25, 0.3) is 11.1 Å². The second-order valence-electron chi connectivity index (χ2n) is 5.39. The standard InChI is InChI=1S/C18H18O/c1-13(19)17-6-3-7-18(12-17)16-10-8-15(9-11-16)14-4-2-5-14/h3,6-12,14H,2,4-5H2,1H3. The molecule has 1 heteroatoms. The van der Waals surface area contributed by atoms with Crippen LogP contribution in [0.5, 0.6) is 0 Å². The molecule has 1 saturated carbocycles. The maximum atomic E-state index is 11.4. The zero-order valence-corrected chi connectivity index (χ0v) is 11.2. The topological polar surface area (TPSA) is 17.1 Å². The van der Waals surface area contributed by atoms with Gasteiger partial charge >= 0.3 is 0 Å². The minimum absolute atomic E-state index is 0.118. The molecule has 2 aromatic rings. The number of carbonyl (C=O) groups excluding carboxylic acids is 1. The molecule has 1 nitrogen and oxygen atoms in total. The number of hydrogen-bond donors (Lipinski definition) is 0. The molecule has 0 aliphatic heterocycles. The smallest absolute Gasteiger partial charge is 0.159 e. The molecule has 3 rings (SSSR count). The van der Waals surface area contributed by atoms with Gasteiger partial charge in [-0.25, -0.2) is 0 Å². The summed E-state index contributed by atoms with van der Waals surface area (Å²) in [7, 11) is 0. The van der Waals surface area contributed by atoms with Crippen LogP contribution < -0.4 is 0 Å². The number of ketones is 1.